The summed E-state index contributed by atoms with van der Waals surface area (Å²) in [6.45, 7) is 1.96. The molecule has 0 unspecified atom stereocenters. The van der Waals surface area contributed by atoms with Crippen molar-refractivity contribution < 1.29 is 14.7 Å². The normalized spacial score (nSPS) is 42.2. The summed E-state index contributed by atoms with van der Waals surface area (Å²) in [6.07, 6.45) is 3.90. The average Bonchev–Trinajstić information content (AvgIpc) is 2.42. The monoisotopic (exact) mass is 196 g/mol. The van der Waals surface area contributed by atoms with Crippen LogP contribution in [0.5, 0.6) is 0 Å². The van der Waals surface area contributed by atoms with Gasteiger partial charge in [0.25, 0.3) is 0 Å². The molecule has 0 aromatic rings. The fourth-order valence-electron chi connectivity index (χ4n) is 3.25. The van der Waals surface area contributed by atoms with Gasteiger partial charge in [0.15, 0.2) is 0 Å². The Morgan fingerprint density at radius 3 is 2.86 bits per heavy atom. The number of hydrogen-bond acceptors (Lipinski definition) is 2. The van der Waals surface area contributed by atoms with E-state index >= 15 is 0 Å². The second-order valence-electron chi connectivity index (χ2n) is 4.82. The van der Waals surface area contributed by atoms with E-state index in [9.17, 15) is 9.59 Å². The minimum absolute atomic E-state index is 0.0984. The Morgan fingerprint density at radius 1 is 1.50 bits per heavy atom. The van der Waals surface area contributed by atoms with Crippen molar-refractivity contribution in [2.24, 2.45) is 17.3 Å². The number of hydrogen-bond donors (Lipinski definition) is 1. The largest absolute Gasteiger partial charge is 0.481 e. The molecular formula is C11H16O3. The zero-order valence-electron chi connectivity index (χ0n) is 8.45. The standard InChI is InChI=1S/C11H16O3/c1-11-6-2-3-7(10(13)14)8(11)4-5-9(11)12/h7-8H,2-6H2,1H3,(H,13,14)/t7-,8+,11+/m1/s1. The van der Waals surface area contributed by atoms with Crippen LogP contribution < -0.4 is 0 Å². The van der Waals surface area contributed by atoms with E-state index in [2.05, 4.69) is 0 Å². The molecule has 0 spiro atoms. The molecular weight excluding hydrogens is 180 g/mol. The fraction of sp³-hybridized carbons (Fsp3) is 0.818. The Bertz CT molecular complexity index is 284. The number of carboxylic acids is 1. The zero-order chi connectivity index (χ0) is 10.3. The van der Waals surface area contributed by atoms with Gasteiger partial charge in [-0.15, -0.1) is 0 Å². The molecule has 2 rings (SSSR count). The Kier molecular flexibility index (Phi) is 2.13. The predicted molar refractivity (Wildman–Crippen MR) is 50.8 cm³/mol. The van der Waals surface area contributed by atoms with Gasteiger partial charge in [-0.1, -0.05) is 13.3 Å². The summed E-state index contributed by atoms with van der Waals surface area (Å²) in [7, 11) is 0. The van der Waals surface area contributed by atoms with Gasteiger partial charge in [-0.3, -0.25) is 9.59 Å². The van der Waals surface area contributed by atoms with Crippen LogP contribution in [0.25, 0.3) is 0 Å². The van der Waals surface area contributed by atoms with E-state index in [-0.39, 0.29) is 23.0 Å². The molecule has 3 heteroatoms. The van der Waals surface area contributed by atoms with Gasteiger partial charge in [-0.25, -0.2) is 0 Å². The van der Waals surface area contributed by atoms with Gasteiger partial charge in [-0.05, 0) is 25.2 Å². The first-order valence-electron chi connectivity index (χ1n) is 5.32. The molecule has 78 valence electrons. The zero-order valence-corrected chi connectivity index (χ0v) is 8.45. The van der Waals surface area contributed by atoms with Crippen molar-refractivity contribution in [3.63, 3.8) is 0 Å². The van der Waals surface area contributed by atoms with Crippen molar-refractivity contribution in [1.29, 1.82) is 0 Å². The predicted octanol–water partition coefficient (Wildman–Crippen LogP) is 1.86. The quantitative estimate of drug-likeness (QED) is 0.696. The summed E-state index contributed by atoms with van der Waals surface area (Å²) in [6, 6.07) is 0. The first-order valence-corrected chi connectivity index (χ1v) is 5.32. The molecule has 2 aliphatic carbocycles. The first-order chi connectivity index (χ1) is 6.55. The summed E-state index contributed by atoms with van der Waals surface area (Å²) < 4.78 is 0. The number of rotatable bonds is 1. The van der Waals surface area contributed by atoms with Crippen molar-refractivity contribution in [2.75, 3.05) is 0 Å². The Hall–Kier alpha value is -0.860. The second-order valence-corrected chi connectivity index (χ2v) is 4.82. The van der Waals surface area contributed by atoms with Gasteiger partial charge in [0, 0.05) is 11.8 Å². The van der Waals surface area contributed by atoms with Crippen molar-refractivity contribution >= 4 is 11.8 Å². The highest BCUT2D eigenvalue weighted by Crippen LogP contribution is 2.52. The number of Topliss-reactive ketones (excluding diaryl/α,β-unsaturated/α-hetero) is 1. The van der Waals surface area contributed by atoms with Crippen LogP contribution in [0.1, 0.15) is 39.0 Å². The topological polar surface area (TPSA) is 54.4 Å². The highest BCUT2D eigenvalue weighted by molar-refractivity contribution is 5.88. The van der Waals surface area contributed by atoms with Crippen LogP contribution in [0.15, 0.2) is 0 Å². The van der Waals surface area contributed by atoms with E-state index in [1.165, 1.54) is 0 Å². The van der Waals surface area contributed by atoms with Gasteiger partial charge in [-0.2, -0.15) is 0 Å². The molecule has 2 aliphatic rings. The average molecular weight is 196 g/mol. The van der Waals surface area contributed by atoms with Crippen LogP contribution in [-0.2, 0) is 9.59 Å². The van der Waals surface area contributed by atoms with Gasteiger partial charge < -0.3 is 5.11 Å². The van der Waals surface area contributed by atoms with Crippen LogP contribution in [0.4, 0.5) is 0 Å². The van der Waals surface area contributed by atoms with E-state index in [0.717, 1.165) is 25.7 Å². The number of fused-ring (bicyclic) bond motifs is 1. The van der Waals surface area contributed by atoms with Gasteiger partial charge in [0.05, 0.1) is 5.92 Å². The maximum absolute atomic E-state index is 11.7. The summed E-state index contributed by atoms with van der Waals surface area (Å²) in [5, 5.41) is 9.07. The maximum atomic E-state index is 11.7. The van der Waals surface area contributed by atoms with Gasteiger partial charge in [0.1, 0.15) is 5.78 Å². The Labute approximate surface area is 83.5 Å². The van der Waals surface area contributed by atoms with Crippen LogP contribution in [-0.4, -0.2) is 16.9 Å². The molecule has 3 nitrogen and oxygen atoms in total. The van der Waals surface area contributed by atoms with Crippen LogP contribution in [0, 0.1) is 17.3 Å². The van der Waals surface area contributed by atoms with E-state index < -0.39 is 5.97 Å². The van der Waals surface area contributed by atoms with Crippen LogP contribution in [0.2, 0.25) is 0 Å². The number of aliphatic carboxylic acids is 1. The van der Waals surface area contributed by atoms with E-state index in [4.69, 9.17) is 5.11 Å². The maximum Gasteiger partial charge on any atom is 0.306 e. The fourth-order valence-corrected chi connectivity index (χ4v) is 3.25. The van der Waals surface area contributed by atoms with E-state index in [1.807, 2.05) is 6.92 Å². The van der Waals surface area contributed by atoms with Crippen LogP contribution in [0.3, 0.4) is 0 Å². The second kappa shape index (κ2) is 3.07. The summed E-state index contributed by atoms with van der Waals surface area (Å²) in [5.74, 6) is -0.606. The third kappa shape index (κ3) is 1.18. The highest BCUT2D eigenvalue weighted by Gasteiger charge is 2.52. The summed E-state index contributed by atoms with van der Waals surface area (Å²) >= 11 is 0. The lowest BCUT2D eigenvalue weighted by molar-refractivity contribution is -0.148. The summed E-state index contributed by atoms with van der Waals surface area (Å²) in [5.41, 5.74) is -0.318. The third-order valence-electron chi connectivity index (χ3n) is 4.15. The molecule has 0 amide bonds. The number of ketones is 1. The molecule has 3 atom stereocenters. The first kappa shape index (κ1) is 9.69. The lowest BCUT2D eigenvalue weighted by atomic mass is 9.64. The molecule has 0 bridgehead atoms. The molecule has 0 saturated heterocycles. The summed E-state index contributed by atoms with van der Waals surface area (Å²) in [4.78, 5) is 22.7. The number of carbonyl (C=O) groups excluding carboxylic acids is 1. The Morgan fingerprint density at radius 2 is 2.21 bits per heavy atom. The van der Waals surface area contributed by atoms with Gasteiger partial charge in [0.2, 0.25) is 0 Å². The lowest BCUT2D eigenvalue weighted by Crippen LogP contribution is -2.40. The minimum atomic E-state index is -0.712. The smallest absolute Gasteiger partial charge is 0.306 e. The number of carbonyl (C=O) groups is 2. The molecule has 0 heterocycles. The van der Waals surface area contributed by atoms with Crippen molar-refractivity contribution in [3.05, 3.63) is 0 Å². The third-order valence-corrected chi connectivity index (χ3v) is 4.15. The minimum Gasteiger partial charge on any atom is -0.481 e. The molecule has 0 aromatic heterocycles. The molecule has 0 radical (unpaired) electrons. The van der Waals surface area contributed by atoms with Crippen LogP contribution >= 0.6 is 0 Å². The highest BCUT2D eigenvalue weighted by atomic mass is 16.4. The Balaban J connectivity index is 2.28. The van der Waals surface area contributed by atoms with Crippen molar-refractivity contribution in [3.8, 4) is 0 Å². The molecule has 0 aliphatic heterocycles. The van der Waals surface area contributed by atoms with E-state index in [0.29, 0.717) is 6.42 Å². The van der Waals surface area contributed by atoms with E-state index in [1.54, 1.807) is 0 Å². The molecule has 2 saturated carbocycles. The SMILES string of the molecule is C[C@]12CCC[C@@H](C(=O)O)[C@@H]1CCC2=O. The lowest BCUT2D eigenvalue weighted by Gasteiger charge is -2.38. The number of carboxylic acid groups (broad SMARTS) is 1. The van der Waals surface area contributed by atoms with Crippen molar-refractivity contribution in [2.45, 2.75) is 39.0 Å². The molecule has 14 heavy (non-hydrogen) atoms. The van der Waals surface area contributed by atoms with Crippen molar-refractivity contribution in [1.82, 2.24) is 0 Å². The van der Waals surface area contributed by atoms with Gasteiger partial charge >= 0.3 is 5.97 Å². The molecule has 1 N–H and O–H groups in total. The molecule has 0 aromatic carbocycles. The molecule has 2 fully saturated rings.